The summed E-state index contributed by atoms with van der Waals surface area (Å²) in [6.07, 6.45) is 2.23. The lowest BCUT2D eigenvalue weighted by atomic mass is 9.91. The van der Waals surface area contributed by atoms with Gasteiger partial charge in [-0.25, -0.2) is 9.97 Å². The van der Waals surface area contributed by atoms with Gasteiger partial charge in [-0.05, 0) is 24.8 Å². The van der Waals surface area contributed by atoms with E-state index >= 15 is 0 Å². The van der Waals surface area contributed by atoms with E-state index in [0.29, 0.717) is 5.92 Å². The van der Waals surface area contributed by atoms with E-state index < -0.39 is 12.0 Å². The van der Waals surface area contributed by atoms with Crippen molar-refractivity contribution in [2.75, 3.05) is 18.0 Å². The van der Waals surface area contributed by atoms with Gasteiger partial charge in [0, 0.05) is 25.2 Å². The molecule has 0 aliphatic carbocycles. The number of aromatic nitrogens is 2. The highest BCUT2D eigenvalue weighted by Crippen LogP contribution is 2.24. The molecular formula is C14H22N4O2. The topological polar surface area (TPSA) is 92.3 Å². The molecule has 1 aliphatic heterocycles. The Labute approximate surface area is 119 Å². The Morgan fingerprint density at radius 2 is 2.10 bits per heavy atom. The molecule has 2 rings (SSSR count). The van der Waals surface area contributed by atoms with E-state index in [4.69, 9.17) is 5.73 Å². The van der Waals surface area contributed by atoms with Crippen molar-refractivity contribution in [1.29, 1.82) is 0 Å². The second-order valence-corrected chi connectivity index (χ2v) is 5.60. The Hall–Kier alpha value is -1.69. The largest absolute Gasteiger partial charge is 0.383 e. The average molecular weight is 278 g/mol. The third-order valence-electron chi connectivity index (χ3n) is 3.78. The number of hydrogen-bond acceptors (Lipinski definition) is 5. The summed E-state index contributed by atoms with van der Waals surface area (Å²) in [5.74, 6) is 1.37. The Bertz CT molecular complexity index is 470. The quantitative estimate of drug-likeness (QED) is 0.844. The number of primary amides is 1. The lowest BCUT2D eigenvalue weighted by molar-refractivity contribution is -0.129. The first-order valence-electron chi connectivity index (χ1n) is 7.04. The summed E-state index contributed by atoms with van der Waals surface area (Å²) in [6, 6.07) is 1.90. The zero-order chi connectivity index (χ0) is 14.7. The molecule has 0 aromatic carbocycles. The van der Waals surface area contributed by atoms with Gasteiger partial charge in [0.05, 0.1) is 0 Å². The fourth-order valence-electron chi connectivity index (χ4n) is 2.49. The van der Waals surface area contributed by atoms with Gasteiger partial charge in [0.25, 0.3) is 0 Å². The lowest BCUT2D eigenvalue weighted by Gasteiger charge is -2.34. The predicted octanol–water partition coefficient (Wildman–Crippen LogP) is 0.663. The zero-order valence-corrected chi connectivity index (χ0v) is 12.0. The molecule has 1 amide bonds. The number of amides is 1. The fraction of sp³-hybridized carbons (Fsp3) is 0.643. The van der Waals surface area contributed by atoms with Crippen molar-refractivity contribution in [2.45, 2.75) is 38.7 Å². The second-order valence-electron chi connectivity index (χ2n) is 5.60. The van der Waals surface area contributed by atoms with Crippen LogP contribution in [0.3, 0.4) is 0 Å². The monoisotopic (exact) mass is 278 g/mol. The number of hydrogen-bond donors (Lipinski definition) is 2. The van der Waals surface area contributed by atoms with Gasteiger partial charge in [0.2, 0.25) is 5.91 Å². The molecule has 0 spiro atoms. The number of nitrogens with zero attached hydrogens (tertiary/aromatic N) is 3. The minimum absolute atomic E-state index is 0.0462. The van der Waals surface area contributed by atoms with E-state index in [1.807, 2.05) is 6.07 Å². The maximum Gasteiger partial charge on any atom is 0.246 e. The average Bonchev–Trinajstić information content (AvgIpc) is 2.46. The van der Waals surface area contributed by atoms with Crippen LogP contribution in [0.4, 0.5) is 5.82 Å². The number of piperidine rings is 1. The van der Waals surface area contributed by atoms with Gasteiger partial charge in [0.15, 0.2) is 0 Å². The van der Waals surface area contributed by atoms with Crippen LogP contribution in [0.2, 0.25) is 0 Å². The van der Waals surface area contributed by atoms with Crippen LogP contribution in [0.5, 0.6) is 0 Å². The number of rotatable bonds is 4. The molecule has 2 heterocycles. The van der Waals surface area contributed by atoms with E-state index in [-0.39, 0.29) is 5.92 Å². The van der Waals surface area contributed by atoms with Crippen molar-refractivity contribution in [3.05, 3.63) is 18.1 Å². The van der Waals surface area contributed by atoms with Gasteiger partial charge >= 0.3 is 0 Å². The molecule has 20 heavy (non-hydrogen) atoms. The van der Waals surface area contributed by atoms with Crippen molar-refractivity contribution >= 4 is 11.7 Å². The normalized spacial score (nSPS) is 18.3. The summed E-state index contributed by atoms with van der Waals surface area (Å²) in [5.41, 5.74) is 5.14. The number of aliphatic hydroxyl groups is 1. The number of carbonyl (C=O) groups is 1. The molecule has 3 N–H and O–H groups in total. The van der Waals surface area contributed by atoms with Gasteiger partial charge in [-0.1, -0.05) is 13.8 Å². The third-order valence-corrected chi connectivity index (χ3v) is 3.78. The molecule has 0 radical (unpaired) electrons. The Morgan fingerprint density at radius 3 is 2.65 bits per heavy atom. The van der Waals surface area contributed by atoms with Crippen molar-refractivity contribution in [3.8, 4) is 0 Å². The van der Waals surface area contributed by atoms with Crippen molar-refractivity contribution in [1.82, 2.24) is 9.97 Å². The number of anilines is 1. The van der Waals surface area contributed by atoms with Gasteiger partial charge in [-0.3, -0.25) is 4.79 Å². The number of carbonyl (C=O) groups excluding carboxylic acids is 1. The molecule has 1 saturated heterocycles. The van der Waals surface area contributed by atoms with Crippen LogP contribution in [0.25, 0.3) is 0 Å². The molecule has 110 valence electrons. The van der Waals surface area contributed by atoms with E-state index in [1.165, 1.54) is 0 Å². The summed E-state index contributed by atoms with van der Waals surface area (Å²) in [4.78, 5) is 22.0. The number of nitrogens with two attached hydrogens (primary N) is 1. The van der Waals surface area contributed by atoms with Crippen LogP contribution in [0.1, 0.15) is 38.4 Å². The molecule has 1 aliphatic rings. The van der Waals surface area contributed by atoms with E-state index in [0.717, 1.165) is 37.6 Å². The van der Waals surface area contributed by atoms with Gasteiger partial charge in [-0.15, -0.1) is 0 Å². The van der Waals surface area contributed by atoms with Crippen LogP contribution in [-0.2, 0) is 4.79 Å². The molecule has 6 heteroatoms. The zero-order valence-electron chi connectivity index (χ0n) is 12.0. The summed E-state index contributed by atoms with van der Waals surface area (Å²) in [7, 11) is 0. The van der Waals surface area contributed by atoms with E-state index in [9.17, 15) is 9.90 Å². The summed E-state index contributed by atoms with van der Waals surface area (Å²) < 4.78 is 0. The highest BCUT2D eigenvalue weighted by Gasteiger charge is 2.28. The molecule has 6 nitrogen and oxygen atoms in total. The van der Waals surface area contributed by atoms with Crippen LogP contribution >= 0.6 is 0 Å². The minimum atomic E-state index is -1.03. The van der Waals surface area contributed by atoms with Crippen LogP contribution in [0, 0.1) is 5.92 Å². The molecular weight excluding hydrogens is 256 g/mol. The second kappa shape index (κ2) is 6.17. The van der Waals surface area contributed by atoms with E-state index in [1.54, 1.807) is 6.20 Å². The minimum Gasteiger partial charge on any atom is -0.383 e. The Morgan fingerprint density at radius 1 is 1.45 bits per heavy atom. The van der Waals surface area contributed by atoms with E-state index in [2.05, 4.69) is 28.7 Å². The molecule has 0 saturated carbocycles. The maximum absolute atomic E-state index is 11.0. The van der Waals surface area contributed by atoms with Crippen LogP contribution < -0.4 is 10.6 Å². The molecule has 0 bridgehead atoms. The lowest BCUT2D eigenvalue weighted by Crippen LogP contribution is -2.43. The van der Waals surface area contributed by atoms with Gasteiger partial charge < -0.3 is 15.7 Å². The Kier molecular flexibility index (Phi) is 4.54. The standard InChI is InChI=1S/C14H22N4O2/c1-9(2)14-16-6-3-11(17-14)18-7-4-10(5-8-18)12(19)13(15)20/h3,6,9-10,12,19H,4-5,7-8H2,1-2H3,(H2,15,20)/t12-/m1/s1. The van der Waals surface area contributed by atoms with Crippen LogP contribution in [0.15, 0.2) is 12.3 Å². The smallest absolute Gasteiger partial charge is 0.246 e. The fourth-order valence-corrected chi connectivity index (χ4v) is 2.49. The van der Waals surface area contributed by atoms with Gasteiger partial charge in [-0.2, -0.15) is 0 Å². The van der Waals surface area contributed by atoms with Crippen molar-refractivity contribution in [3.63, 3.8) is 0 Å². The van der Waals surface area contributed by atoms with Crippen molar-refractivity contribution in [2.24, 2.45) is 11.7 Å². The molecule has 0 unspecified atom stereocenters. The number of aliphatic hydroxyl groups excluding tert-OH is 1. The molecule has 1 fully saturated rings. The van der Waals surface area contributed by atoms with Crippen LogP contribution in [-0.4, -0.2) is 40.2 Å². The molecule has 1 aromatic heterocycles. The summed E-state index contributed by atoms with van der Waals surface area (Å²) >= 11 is 0. The highest BCUT2D eigenvalue weighted by atomic mass is 16.3. The van der Waals surface area contributed by atoms with Crippen molar-refractivity contribution < 1.29 is 9.90 Å². The Balaban J connectivity index is 2.00. The first kappa shape index (κ1) is 14.7. The SMILES string of the molecule is CC(C)c1nccc(N2CCC([C@@H](O)C(N)=O)CC2)n1. The molecule has 1 atom stereocenters. The predicted molar refractivity (Wildman–Crippen MR) is 76.3 cm³/mol. The first-order chi connectivity index (χ1) is 9.49. The highest BCUT2D eigenvalue weighted by molar-refractivity contribution is 5.78. The van der Waals surface area contributed by atoms with Gasteiger partial charge in [0.1, 0.15) is 17.7 Å². The first-order valence-corrected chi connectivity index (χ1v) is 7.04. The maximum atomic E-state index is 11.0. The summed E-state index contributed by atoms with van der Waals surface area (Å²) in [5, 5.41) is 9.71. The third kappa shape index (κ3) is 3.25. The summed E-state index contributed by atoms with van der Waals surface area (Å²) in [6.45, 7) is 5.66. The molecule has 1 aromatic rings.